The number of carbonyl (C=O) groups excluding carboxylic acids is 1. The monoisotopic (exact) mass is 345 g/mol. The summed E-state index contributed by atoms with van der Waals surface area (Å²) in [5.74, 6) is 1.11. The topological polar surface area (TPSA) is 103 Å². The van der Waals surface area contributed by atoms with Crippen LogP contribution in [0.3, 0.4) is 0 Å². The molecular formula is C16H19N5O4. The molecule has 1 spiro atoms. The highest BCUT2D eigenvalue weighted by atomic mass is 16.7. The lowest BCUT2D eigenvalue weighted by Gasteiger charge is -2.37. The standard InChI is InChI=1S/C16H19N5O4/c1-11-8-13(20-25-11)19-14-10-17-12(9-18-14)15(22)21-4-2-16(3-5-21)23-6-7-24-16/h8-10H,2-7H2,1H3,(H,18,19,20). The zero-order valence-corrected chi connectivity index (χ0v) is 13.9. The van der Waals surface area contributed by atoms with Crippen LogP contribution in [-0.2, 0) is 9.47 Å². The van der Waals surface area contributed by atoms with Gasteiger partial charge in [0.15, 0.2) is 11.6 Å². The summed E-state index contributed by atoms with van der Waals surface area (Å²) in [5, 5.41) is 6.79. The number of nitrogens with zero attached hydrogens (tertiary/aromatic N) is 4. The molecule has 2 aliphatic heterocycles. The van der Waals surface area contributed by atoms with Gasteiger partial charge in [-0.05, 0) is 6.92 Å². The molecule has 0 unspecified atom stereocenters. The number of aryl methyl sites for hydroxylation is 1. The van der Waals surface area contributed by atoms with Crippen molar-refractivity contribution in [3.63, 3.8) is 0 Å². The number of ether oxygens (including phenoxy) is 2. The van der Waals surface area contributed by atoms with Crippen molar-refractivity contribution in [2.45, 2.75) is 25.6 Å². The maximum atomic E-state index is 12.6. The number of rotatable bonds is 3. The van der Waals surface area contributed by atoms with E-state index in [-0.39, 0.29) is 5.91 Å². The summed E-state index contributed by atoms with van der Waals surface area (Å²) in [4.78, 5) is 22.8. The lowest BCUT2D eigenvalue weighted by Crippen LogP contribution is -2.47. The van der Waals surface area contributed by atoms with Crippen molar-refractivity contribution < 1.29 is 18.8 Å². The largest absolute Gasteiger partial charge is 0.360 e. The molecule has 0 bridgehead atoms. The van der Waals surface area contributed by atoms with Crippen LogP contribution in [0.5, 0.6) is 0 Å². The Hall–Kier alpha value is -2.52. The molecule has 0 aliphatic carbocycles. The molecule has 4 heterocycles. The molecular weight excluding hydrogens is 326 g/mol. The summed E-state index contributed by atoms with van der Waals surface area (Å²) in [6, 6.07) is 1.75. The average molecular weight is 345 g/mol. The van der Waals surface area contributed by atoms with E-state index in [1.54, 1.807) is 17.9 Å². The maximum Gasteiger partial charge on any atom is 0.274 e. The van der Waals surface area contributed by atoms with Crippen molar-refractivity contribution >= 4 is 17.5 Å². The molecule has 2 saturated heterocycles. The van der Waals surface area contributed by atoms with Crippen LogP contribution in [0.25, 0.3) is 0 Å². The van der Waals surface area contributed by atoms with Crippen molar-refractivity contribution in [2.24, 2.45) is 0 Å². The van der Waals surface area contributed by atoms with Gasteiger partial charge >= 0.3 is 0 Å². The summed E-state index contributed by atoms with van der Waals surface area (Å²) >= 11 is 0. The molecule has 0 saturated carbocycles. The molecule has 4 rings (SSSR count). The Morgan fingerprint density at radius 3 is 2.52 bits per heavy atom. The fourth-order valence-electron chi connectivity index (χ4n) is 3.06. The van der Waals surface area contributed by atoms with E-state index in [0.717, 1.165) is 0 Å². The van der Waals surface area contributed by atoms with Gasteiger partial charge in [0.05, 0.1) is 25.6 Å². The highest BCUT2D eigenvalue weighted by Crippen LogP contribution is 2.31. The van der Waals surface area contributed by atoms with Crippen molar-refractivity contribution in [3.05, 3.63) is 29.9 Å². The first-order valence-corrected chi connectivity index (χ1v) is 8.23. The lowest BCUT2D eigenvalue weighted by atomic mass is 10.0. The van der Waals surface area contributed by atoms with E-state index in [0.29, 0.717) is 62.2 Å². The number of aromatic nitrogens is 3. The second kappa shape index (κ2) is 6.41. The highest BCUT2D eigenvalue weighted by molar-refractivity contribution is 5.92. The summed E-state index contributed by atoms with van der Waals surface area (Å²) in [7, 11) is 0. The molecule has 2 aromatic rings. The highest BCUT2D eigenvalue weighted by Gasteiger charge is 2.41. The van der Waals surface area contributed by atoms with Gasteiger partial charge in [0.25, 0.3) is 5.91 Å². The predicted octanol–water partition coefficient (Wildman–Crippen LogP) is 1.50. The molecule has 0 atom stereocenters. The van der Waals surface area contributed by atoms with Gasteiger partial charge in [0.1, 0.15) is 17.3 Å². The quantitative estimate of drug-likeness (QED) is 0.893. The lowest BCUT2D eigenvalue weighted by molar-refractivity contribution is -0.181. The second-order valence-electron chi connectivity index (χ2n) is 6.13. The Bertz CT molecular complexity index is 744. The third kappa shape index (κ3) is 3.33. The average Bonchev–Trinajstić information content (AvgIpc) is 3.25. The summed E-state index contributed by atoms with van der Waals surface area (Å²) < 4.78 is 16.3. The molecule has 9 heteroatoms. The van der Waals surface area contributed by atoms with E-state index < -0.39 is 5.79 Å². The van der Waals surface area contributed by atoms with Crippen LogP contribution in [0.2, 0.25) is 0 Å². The Morgan fingerprint density at radius 2 is 1.92 bits per heavy atom. The Balaban J connectivity index is 1.37. The molecule has 1 N–H and O–H groups in total. The fraction of sp³-hybridized carbons (Fsp3) is 0.500. The van der Waals surface area contributed by atoms with E-state index in [9.17, 15) is 4.79 Å². The zero-order chi connectivity index (χ0) is 17.3. The number of piperidine rings is 1. The Morgan fingerprint density at radius 1 is 1.16 bits per heavy atom. The molecule has 132 valence electrons. The van der Waals surface area contributed by atoms with Gasteiger partial charge in [0.2, 0.25) is 0 Å². The summed E-state index contributed by atoms with van der Waals surface area (Å²) in [5.41, 5.74) is 0.311. The van der Waals surface area contributed by atoms with E-state index in [4.69, 9.17) is 14.0 Å². The van der Waals surface area contributed by atoms with E-state index in [2.05, 4.69) is 20.4 Å². The molecule has 0 aromatic carbocycles. The van der Waals surface area contributed by atoms with Crippen LogP contribution in [0.1, 0.15) is 29.1 Å². The summed E-state index contributed by atoms with van der Waals surface area (Å²) in [6.07, 6.45) is 4.32. The minimum atomic E-state index is -0.494. The molecule has 9 nitrogen and oxygen atoms in total. The minimum absolute atomic E-state index is 0.135. The van der Waals surface area contributed by atoms with Gasteiger partial charge in [-0.25, -0.2) is 9.97 Å². The van der Waals surface area contributed by atoms with E-state index in [1.165, 1.54) is 12.4 Å². The van der Waals surface area contributed by atoms with Crippen LogP contribution in [0.15, 0.2) is 23.0 Å². The molecule has 2 aliphatic rings. The van der Waals surface area contributed by atoms with Crippen molar-refractivity contribution in [1.82, 2.24) is 20.0 Å². The Labute approximate surface area is 144 Å². The maximum absolute atomic E-state index is 12.6. The van der Waals surface area contributed by atoms with Gasteiger partial charge in [-0.15, -0.1) is 0 Å². The number of likely N-dealkylation sites (tertiary alicyclic amines) is 1. The number of nitrogens with one attached hydrogen (secondary N) is 1. The number of carbonyl (C=O) groups is 1. The Kier molecular flexibility index (Phi) is 4.10. The third-order valence-electron chi connectivity index (χ3n) is 4.38. The van der Waals surface area contributed by atoms with E-state index in [1.807, 2.05) is 0 Å². The third-order valence-corrected chi connectivity index (χ3v) is 4.38. The van der Waals surface area contributed by atoms with E-state index >= 15 is 0 Å². The first-order valence-electron chi connectivity index (χ1n) is 8.23. The van der Waals surface area contributed by atoms with Crippen molar-refractivity contribution in [3.8, 4) is 0 Å². The fourth-order valence-corrected chi connectivity index (χ4v) is 3.06. The SMILES string of the molecule is Cc1cc(Nc2cnc(C(=O)N3CCC4(CC3)OCCO4)cn2)no1. The van der Waals surface area contributed by atoms with Crippen LogP contribution in [0.4, 0.5) is 11.6 Å². The second-order valence-corrected chi connectivity index (χ2v) is 6.13. The molecule has 0 radical (unpaired) electrons. The normalized spacial score (nSPS) is 19.3. The molecule has 1 amide bonds. The first-order chi connectivity index (χ1) is 12.1. The van der Waals surface area contributed by atoms with Crippen molar-refractivity contribution in [1.29, 1.82) is 0 Å². The summed E-state index contributed by atoms with van der Waals surface area (Å²) in [6.45, 7) is 4.21. The van der Waals surface area contributed by atoms with Gasteiger partial charge in [-0.2, -0.15) is 0 Å². The number of anilines is 2. The van der Waals surface area contributed by atoms with Crippen LogP contribution in [-0.4, -0.2) is 58.0 Å². The first kappa shape index (κ1) is 16.0. The van der Waals surface area contributed by atoms with Gasteiger partial charge in [-0.1, -0.05) is 5.16 Å². The van der Waals surface area contributed by atoms with Crippen LogP contribution in [0, 0.1) is 6.92 Å². The zero-order valence-electron chi connectivity index (χ0n) is 13.9. The van der Waals surface area contributed by atoms with Crippen LogP contribution >= 0.6 is 0 Å². The van der Waals surface area contributed by atoms with Gasteiger partial charge in [-0.3, -0.25) is 4.79 Å². The van der Waals surface area contributed by atoms with Gasteiger partial charge in [0, 0.05) is 32.0 Å². The number of hydrogen-bond acceptors (Lipinski definition) is 8. The molecule has 2 aromatic heterocycles. The smallest absolute Gasteiger partial charge is 0.274 e. The number of amides is 1. The number of hydrogen-bond donors (Lipinski definition) is 1. The predicted molar refractivity (Wildman–Crippen MR) is 86.3 cm³/mol. The molecule has 2 fully saturated rings. The van der Waals surface area contributed by atoms with Crippen molar-refractivity contribution in [2.75, 3.05) is 31.6 Å². The van der Waals surface area contributed by atoms with Gasteiger partial charge < -0.3 is 24.2 Å². The minimum Gasteiger partial charge on any atom is -0.360 e. The molecule has 25 heavy (non-hydrogen) atoms. The van der Waals surface area contributed by atoms with Crippen LogP contribution < -0.4 is 5.32 Å².